The lowest BCUT2D eigenvalue weighted by Gasteiger charge is -2.16. The predicted molar refractivity (Wildman–Crippen MR) is 103 cm³/mol. The Morgan fingerprint density at radius 3 is 2.84 bits per heavy atom. The maximum Gasteiger partial charge on any atom is 0.255 e. The number of nitrogens with one attached hydrogen (secondary N) is 1. The van der Waals surface area contributed by atoms with E-state index >= 15 is 0 Å². The van der Waals surface area contributed by atoms with Crippen molar-refractivity contribution in [3.63, 3.8) is 0 Å². The van der Waals surface area contributed by atoms with Crippen LogP contribution in [0.25, 0.3) is 10.8 Å². The summed E-state index contributed by atoms with van der Waals surface area (Å²) in [4.78, 5) is 17.1. The van der Waals surface area contributed by atoms with Gasteiger partial charge in [-0.3, -0.25) is 9.69 Å². The summed E-state index contributed by atoms with van der Waals surface area (Å²) in [7, 11) is 0. The molecule has 4 heteroatoms. The predicted octanol–water partition coefficient (Wildman–Crippen LogP) is 4.25. The van der Waals surface area contributed by atoms with Gasteiger partial charge in [0, 0.05) is 29.7 Å². The van der Waals surface area contributed by atoms with Gasteiger partial charge in [0.2, 0.25) is 0 Å². The third kappa shape index (κ3) is 3.63. The van der Waals surface area contributed by atoms with Gasteiger partial charge >= 0.3 is 0 Å². The molecule has 1 aliphatic heterocycles. The molecule has 1 fully saturated rings. The molecule has 1 aliphatic rings. The van der Waals surface area contributed by atoms with E-state index in [0.29, 0.717) is 16.3 Å². The molecule has 3 aromatic rings. The number of fused-ring (bicyclic) bond motifs is 1. The Bertz CT molecular complexity index is 936. The fourth-order valence-electron chi connectivity index (χ4n) is 3.79. The first-order valence-corrected chi connectivity index (χ1v) is 9.13. The minimum absolute atomic E-state index is 0.0825. The van der Waals surface area contributed by atoms with Gasteiger partial charge in [-0.2, -0.15) is 0 Å². The quantitative estimate of drug-likeness (QED) is 0.762. The van der Waals surface area contributed by atoms with Crippen LogP contribution >= 0.6 is 11.6 Å². The zero-order chi connectivity index (χ0) is 17.2. The minimum atomic E-state index is -0.0825. The molecule has 2 aromatic carbocycles. The molecule has 128 valence electrons. The Morgan fingerprint density at radius 2 is 2.00 bits per heavy atom. The third-order valence-corrected chi connectivity index (χ3v) is 5.42. The van der Waals surface area contributed by atoms with E-state index < -0.39 is 0 Å². The first-order valence-electron chi connectivity index (χ1n) is 8.75. The minimum Gasteiger partial charge on any atom is -0.329 e. The van der Waals surface area contributed by atoms with Crippen LogP contribution in [0.2, 0.25) is 5.02 Å². The number of likely N-dealkylation sites (tertiary alicyclic amines) is 1. The molecule has 0 saturated carbocycles. The average Bonchev–Trinajstić information content (AvgIpc) is 3.04. The molecule has 25 heavy (non-hydrogen) atoms. The van der Waals surface area contributed by atoms with E-state index in [1.807, 2.05) is 12.1 Å². The van der Waals surface area contributed by atoms with E-state index in [4.69, 9.17) is 11.6 Å². The lowest BCUT2D eigenvalue weighted by atomic mass is 9.97. The molecule has 1 unspecified atom stereocenters. The Kier molecular flexibility index (Phi) is 4.60. The van der Waals surface area contributed by atoms with Gasteiger partial charge < -0.3 is 4.98 Å². The van der Waals surface area contributed by atoms with E-state index in [9.17, 15) is 4.79 Å². The number of hydrogen-bond acceptors (Lipinski definition) is 2. The molecule has 1 N–H and O–H groups in total. The third-order valence-electron chi connectivity index (χ3n) is 5.07. The van der Waals surface area contributed by atoms with Crippen LogP contribution in [-0.2, 0) is 13.0 Å². The number of hydrogen-bond donors (Lipinski definition) is 1. The summed E-state index contributed by atoms with van der Waals surface area (Å²) in [5.74, 6) is 0.612. The van der Waals surface area contributed by atoms with Crippen molar-refractivity contribution in [2.45, 2.75) is 19.4 Å². The van der Waals surface area contributed by atoms with E-state index in [-0.39, 0.29) is 5.56 Å². The molecule has 1 atom stereocenters. The van der Waals surface area contributed by atoms with Gasteiger partial charge in [-0.05, 0) is 60.0 Å². The van der Waals surface area contributed by atoms with E-state index in [1.165, 1.54) is 12.0 Å². The molecule has 4 rings (SSSR count). The SMILES string of the molecule is O=c1[nH]ccc2cc(CC3CCN(Cc4ccccc4)C3)c(Cl)cc12. The van der Waals surface area contributed by atoms with E-state index in [1.54, 1.807) is 6.20 Å². The maximum atomic E-state index is 11.9. The summed E-state index contributed by atoms with van der Waals surface area (Å²) in [5, 5.41) is 2.32. The smallest absolute Gasteiger partial charge is 0.255 e. The van der Waals surface area contributed by atoms with Gasteiger partial charge in [-0.15, -0.1) is 0 Å². The van der Waals surface area contributed by atoms with E-state index in [2.05, 4.69) is 46.3 Å². The largest absolute Gasteiger partial charge is 0.329 e. The maximum absolute atomic E-state index is 11.9. The van der Waals surface area contributed by atoms with Crippen molar-refractivity contribution in [1.82, 2.24) is 9.88 Å². The number of halogens is 1. The van der Waals surface area contributed by atoms with Crippen molar-refractivity contribution >= 4 is 22.4 Å². The highest BCUT2D eigenvalue weighted by Gasteiger charge is 2.23. The lowest BCUT2D eigenvalue weighted by Crippen LogP contribution is -2.20. The van der Waals surface area contributed by atoms with Gasteiger partial charge in [0.05, 0.1) is 0 Å². The van der Waals surface area contributed by atoms with Crippen LogP contribution in [0.3, 0.4) is 0 Å². The summed E-state index contributed by atoms with van der Waals surface area (Å²) in [6, 6.07) is 16.4. The fourth-order valence-corrected chi connectivity index (χ4v) is 4.03. The number of benzene rings is 2. The first-order chi connectivity index (χ1) is 12.2. The van der Waals surface area contributed by atoms with Gasteiger partial charge in [-0.1, -0.05) is 41.9 Å². The number of rotatable bonds is 4. The molecule has 1 aromatic heterocycles. The highest BCUT2D eigenvalue weighted by Crippen LogP contribution is 2.28. The van der Waals surface area contributed by atoms with E-state index in [0.717, 1.165) is 37.0 Å². The van der Waals surface area contributed by atoms with Crippen LogP contribution in [0.5, 0.6) is 0 Å². The average molecular weight is 353 g/mol. The molecule has 2 heterocycles. The van der Waals surface area contributed by atoms with Crippen molar-refractivity contribution < 1.29 is 0 Å². The summed E-state index contributed by atoms with van der Waals surface area (Å²) in [6.07, 6.45) is 3.85. The molecular weight excluding hydrogens is 332 g/mol. The highest BCUT2D eigenvalue weighted by atomic mass is 35.5. The lowest BCUT2D eigenvalue weighted by molar-refractivity contribution is 0.316. The van der Waals surface area contributed by atoms with Crippen molar-refractivity contribution in [1.29, 1.82) is 0 Å². The number of pyridine rings is 1. The standard InChI is InChI=1S/C21H21ClN2O/c22-20-12-19-17(6-8-23-21(19)25)11-18(20)10-16-7-9-24(14-16)13-15-4-2-1-3-5-15/h1-6,8,11-12,16H,7,9-10,13-14H2,(H,23,25). The van der Waals surface area contributed by atoms with Gasteiger partial charge in [-0.25, -0.2) is 0 Å². The van der Waals surface area contributed by atoms with Crippen molar-refractivity contribution in [3.05, 3.63) is 81.2 Å². The second kappa shape index (κ2) is 7.03. The Hall–Kier alpha value is -2.10. The molecule has 0 aliphatic carbocycles. The summed E-state index contributed by atoms with van der Waals surface area (Å²) >= 11 is 6.45. The van der Waals surface area contributed by atoms with Crippen LogP contribution in [0.15, 0.2) is 59.5 Å². The van der Waals surface area contributed by atoms with Crippen LogP contribution in [0.4, 0.5) is 0 Å². The normalized spacial score (nSPS) is 18.0. The molecule has 3 nitrogen and oxygen atoms in total. The van der Waals surface area contributed by atoms with Crippen LogP contribution in [-0.4, -0.2) is 23.0 Å². The molecule has 0 spiro atoms. The van der Waals surface area contributed by atoms with Gasteiger partial charge in [0.1, 0.15) is 0 Å². The molecule has 0 radical (unpaired) electrons. The number of H-pyrrole nitrogens is 1. The molecule has 1 saturated heterocycles. The first kappa shape index (κ1) is 16.4. The Morgan fingerprint density at radius 1 is 1.16 bits per heavy atom. The van der Waals surface area contributed by atoms with Crippen LogP contribution in [0.1, 0.15) is 17.5 Å². The Balaban J connectivity index is 1.47. The van der Waals surface area contributed by atoms with Crippen LogP contribution in [0, 0.1) is 5.92 Å². The zero-order valence-electron chi connectivity index (χ0n) is 14.0. The van der Waals surface area contributed by atoms with Gasteiger partial charge in [0.15, 0.2) is 0 Å². The zero-order valence-corrected chi connectivity index (χ0v) is 14.8. The summed E-state index contributed by atoms with van der Waals surface area (Å²) < 4.78 is 0. The molecular formula is C21H21ClN2O. The second-order valence-electron chi connectivity index (χ2n) is 6.92. The summed E-state index contributed by atoms with van der Waals surface area (Å²) in [6.45, 7) is 3.24. The van der Waals surface area contributed by atoms with Crippen molar-refractivity contribution in [3.8, 4) is 0 Å². The van der Waals surface area contributed by atoms with Crippen LogP contribution < -0.4 is 5.56 Å². The van der Waals surface area contributed by atoms with Gasteiger partial charge in [0.25, 0.3) is 5.56 Å². The highest BCUT2D eigenvalue weighted by molar-refractivity contribution is 6.32. The Labute approximate surface area is 152 Å². The second-order valence-corrected chi connectivity index (χ2v) is 7.32. The number of aromatic amines is 1. The molecule has 0 amide bonds. The monoisotopic (exact) mass is 352 g/mol. The topological polar surface area (TPSA) is 36.1 Å². The fraction of sp³-hybridized carbons (Fsp3) is 0.286. The molecule has 0 bridgehead atoms. The number of aromatic nitrogens is 1. The van der Waals surface area contributed by atoms with Crippen molar-refractivity contribution in [2.24, 2.45) is 5.92 Å². The summed E-state index contributed by atoms with van der Waals surface area (Å²) in [5.41, 5.74) is 2.43. The van der Waals surface area contributed by atoms with Crippen molar-refractivity contribution in [2.75, 3.05) is 13.1 Å². The number of nitrogens with zero attached hydrogens (tertiary/aromatic N) is 1.